The first-order chi connectivity index (χ1) is 15.3. The van der Waals surface area contributed by atoms with Crippen LogP contribution < -0.4 is 10.1 Å². The summed E-state index contributed by atoms with van der Waals surface area (Å²) in [6.07, 6.45) is -3.68. The number of hydrogen-bond acceptors (Lipinski definition) is 6. The summed E-state index contributed by atoms with van der Waals surface area (Å²) in [5.41, 5.74) is -2.30. The van der Waals surface area contributed by atoms with Crippen LogP contribution >= 0.6 is 23.2 Å². The fourth-order valence-corrected chi connectivity index (χ4v) is 3.92. The van der Waals surface area contributed by atoms with E-state index < -0.39 is 44.5 Å². The van der Waals surface area contributed by atoms with E-state index >= 15 is 0 Å². The number of carbonyl (C=O) groups is 1. The average molecular weight is 519 g/mol. The topological polar surface area (TPSA) is 105 Å². The molecule has 7 nitrogen and oxygen atoms in total. The lowest BCUT2D eigenvalue weighted by atomic mass is 10.1. The van der Waals surface area contributed by atoms with E-state index in [-0.39, 0.29) is 21.4 Å². The maximum Gasteiger partial charge on any atom is 0.435 e. The van der Waals surface area contributed by atoms with Crippen LogP contribution in [0.1, 0.15) is 21.6 Å². The lowest BCUT2D eigenvalue weighted by Gasteiger charge is -2.16. The summed E-state index contributed by atoms with van der Waals surface area (Å²) in [7, 11) is -3.09. The number of alkyl halides is 3. The molecule has 13 heteroatoms. The highest BCUT2D eigenvalue weighted by molar-refractivity contribution is 7.91. The maximum atomic E-state index is 13.4. The van der Waals surface area contributed by atoms with Crippen molar-refractivity contribution in [1.82, 2.24) is 10.2 Å². The van der Waals surface area contributed by atoms with Gasteiger partial charge < -0.3 is 10.1 Å². The number of carbonyl (C=O) groups excluding carboxylic acids is 1. The monoisotopic (exact) mass is 518 g/mol. The first-order valence-electron chi connectivity index (χ1n) is 9.00. The summed E-state index contributed by atoms with van der Waals surface area (Å²) in [5.74, 6) is -1.51. The van der Waals surface area contributed by atoms with Gasteiger partial charge in [-0.05, 0) is 48.9 Å². The molecular formula is C20H15Cl2F3N4O3S. The normalized spacial score (nSPS) is 13.3. The predicted molar refractivity (Wildman–Crippen MR) is 118 cm³/mol. The molecule has 3 aromatic rings. The van der Waals surface area contributed by atoms with Crippen molar-refractivity contribution < 1.29 is 26.9 Å². The molecule has 33 heavy (non-hydrogen) atoms. The smallest absolute Gasteiger partial charge is 0.435 e. The van der Waals surface area contributed by atoms with Crippen molar-refractivity contribution in [3.63, 3.8) is 0 Å². The highest BCUT2D eigenvalue weighted by Crippen LogP contribution is 2.37. The molecule has 0 spiro atoms. The SMILES string of the molecule is Cc1c(C(F)(F)F)nnc(Oc2ccc(Cl)cc2Cl)c1C(=O)Nc1cccc(S(C)(=N)=O)c1. The van der Waals surface area contributed by atoms with Crippen LogP contribution in [0.25, 0.3) is 0 Å². The van der Waals surface area contributed by atoms with Gasteiger partial charge in [0, 0.05) is 21.9 Å². The third-order valence-corrected chi connectivity index (χ3v) is 6.01. The lowest BCUT2D eigenvalue weighted by Crippen LogP contribution is -2.21. The Morgan fingerprint density at radius 1 is 1.15 bits per heavy atom. The molecule has 0 saturated carbocycles. The summed E-state index contributed by atoms with van der Waals surface area (Å²) in [6, 6.07) is 9.74. The van der Waals surface area contributed by atoms with Crippen molar-refractivity contribution in [3.05, 3.63) is 69.3 Å². The van der Waals surface area contributed by atoms with E-state index in [4.69, 9.17) is 32.7 Å². The number of ether oxygens (including phenoxy) is 1. The van der Waals surface area contributed by atoms with Crippen molar-refractivity contribution in [3.8, 4) is 11.6 Å². The standard InChI is InChI=1S/C20H15Cl2F3N4O3S/c1-10-16(18(30)27-12-4-3-5-13(9-12)33(2,26)31)19(29-28-17(10)20(23,24)25)32-15-7-6-11(21)8-14(15)22/h3-9,26H,1-2H3,(H,27,30). The Morgan fingerprint density at radius 3 is 2.45 bits per heavy atom. The minimum absolute atomic E-state index is 0.00880. The molecule has 0 bridgehead atoms. The Bertz CT molecular complexity index is 1350. The number of halogens is 5. The Labute approximate surface area is 196 Å². The van der Waals surface area contributed by atoms with Crippen LogP contribution in [0.15, 0.2) is 47.4 Å². The number of nitrogens with one attached hydrogen (secondary N) is 2. The summed E-state index contributed by atoms with van der Waals surface area (Å²) < 4.78 is 65.4. The van der Waals surface area contributed by atoms with Crippen molar-refractivity contribution >= 4 is 44.5 Å². The van der Waals surface area contributed by atoms with Crippen LogP contribution in [0.5, 0.6) is 11.6 Å². The molecule has 1 aromatic heterocycles. The second-order valence-electron chi connectivity index (χ2n) is 6.85. The number of rotatable bonds is 5. The molecule has 1 atom stereocenters. The molecule has 2 N–H and O–H groups in total. The van der Waals surface area contributed by atoms with E-state index in [0.29, 0.717) is 5.02 Å². The van der Waals surface area contributed by atoms with Gasteiger partial charge in [-0.1, -0.05) is 29.3 Å². The van der Waals surface area contributed by atoms with Crippen LogP contribution in [0, 0.1) is 11.7 Å². The Kier molecular flexibility index (Phi) is 6.87. The summed E-state index contributed by atoms with van der Waals surface area (Å²) in [5, 5.41) is 9.39. The molecule has 0 aliphatic heterocycles. The molecule has 0 radical (unpaired) electrons. The zero-order valence-corrected chi connectivity index (χ0v) is 19.3. The van der Waals surface area contributed by atoms with E-state index in [1.165, 1.54) is 48.7 Å². The Morgan fingerprint density at radius 2 is 1.85 bits per heavy atom. The molecule has 1 heterocycles. The Balaban J connectivity index is 2.08. The molecule has 0 saturated heterocycles. The molecular weight excluding hydrogens is 504 g/mol. The number of anilines is 1. The van der Waals surface area contributed by atoms with Gasteiger partial charge in [0.15, 0.2) is 5.69 Å². The molecule has 1 unspecified atom stereocenters. The number of aromatic nitrogens is 2. The van der Waals surface area contributed by atoms with Gasteiger partial charge >= 0.3 is 6.18 Å². The zero-order chi connectivity index (χ0) is 24.6. The predicted octanol–water partition coefficient (Wildman–Crippen LogP) is 6.19. The van der Waals surface area contributed by atoms with Gasteiger partial charge in [-0.3, -0.25) is 4.79 Å². The van der Waals surface area contributed by atoms with Crippen LogP contribution in [0.4, 0.5) is 18.9 Å². The fourth-order valence-electron chi connectivity index (χ4n) is 2.78. The van der Waals surface area contributed by atoms with E-state index in [0.717, 1.165) is 6.92 Å². The molecule has 0 aliphatic carbocycles. The zero-order valence-electron chi connectivity index (χ0n) is 17.0. The third kappa shape index (κ3) is 5.73. The Hall–Kier alpha value is -2.89. The van der Waals surface area contributed by atoms with Gasteiger partial charge in [0.05, 0.1) is 14.8 Å². The first kappa shape index (κ1) is 24.7. The fraction of sp³-hybridized carbons (Fsp3) is 0.150. The molecule has 0 fully saturated rings. The van der Waals surface area contributed by atoms with Crippen molar-refractivity contribution in [2.45, 2.75) is 18.0 Å². The van der Waals surface area contributed by atoms with E-state index in [9.17, 15) is 22.2 Å². The maximum absolute atomic E-state index is 13.4. The highest BCUT2D eigenvalue weighted by atomic mass is 35.5. The quantitative estimate of drug-likeness (QED) is 0.418. The van der Waals surface area contributed by atoms with Gasteiger partial charge in [0.1, 0.15) is 11.3 Å². The van der Waals surface area contributed by atoms with E-state index in [1.807, 2.05) is 0 Å². The molecule has 1 amide bonds. The lowest BCUT2D eigenvalue weighted by molar-refractivity contribution is -0.142. The molecule has 0 aliphatic rings. The summed E-state index contributed by atoms with van der Waals surface area (Å²) in [4.78, 5) is 13.2. The van der Waals surface area contributed by atoms with Crippen LogP contribution in [0.3, 0.4) is 0 Å². The first-order valence-corrected chi connectivity index (χ1v) is 11.7. The van der Waals surface area contributed by atoms with Crippen molar-refractivity contribution in [1.29, 1.82) is 4.78 Å². The highest BCUT2D eigenvalue weighted by Gasteiger charge is 2.38. The summed E-state index contributed by atoms with van der Waals surface area (Å²) in [6.45, 7) is 1.06. The van der Waals surface area contributed by atoms with Crippen LogP contribution in [-0.4, -0.2) is 26.6 Å². The molecule has 174 valence electrons. The van der Waals surface area contributed by atoms with Gasteiger partial charge in [-0.25, -0.2) is 8.99 Å². The second-order valence-corrected chi connectivity index (χ2v) is 9.86. The second kappa shape index (κ2) is 9.16. The number of amides is 1. The van der Waals surface area contributed by atoms with Gasteiger partial charge in [-0.15, -0.1) is 10.2 Å². The summed E-state index contributed by atoms with van der Waals surface area (Å²) >= 11 is 11.9. The number of benzene rings is 2. The van der Waals surface area contributed by atoms with Gasteiger partial charge in [-0.2, -0.15) is 13.2 Å². The van der Waals surface area contributed by atoms with Crippen molar-refractivity contribution in [2.24, 2.45) is 0 Å². The molecule has 2 aromatic carbocycles. The minimum Gasteiger partial charge on any atom is -0.435 e. The molecule has 3 rings (SSSR count). The van der Waals surface area contributed by atoms with Crippen LogP contribution in [-0.2, 0) is 15.9 Å². The van der Waals surface area contributed by atoms with E-state index in [2.05, 4.69) is 15.5 Å². The van der Waals surface area contributed by atoms with Gasteiger partial charge in [0.25, 0.3) is 11.8 Å². The van der Waals surface area contributed by atoms with Gasteiger partial charge in [0.2, 0.25) is 0 Å². The largest absolute Gasteiger partial charge is 0.435 e. The van der Waals surface area contributed by atoms with Crippen molar-refractivity contribution in [2.75, 3.05) is 11.6 Å². The third-order valence-electron chi connectivity index (χ3n) is 4.32. The number of hydrogen-bond donors (Lipinski definition) is 2. The van der Waals surface area contributed by atoms with Crippen LogP contribution in [0.2, 0.25) is 10.0 Å². The minimum atomic E-state index is -4.87. The van der Waals surface area contributed by atoms with E-state index in [1.54, 1.807) is 0 Å². The average Bonchev–Trinajstić information content (AvgIpc) is 2.68. The number of nitrogens with zero attached hydrogens (tertiary/aromatic N) is 2.